The number of carboxylic acid groups (broad SMARTS) is 1. The summed E-state index contributed by atoms with van der Waals surface area (Å²) in [6.07, 6.45) is 6.39. The quantitative estimate of drug-likeness (QED) is 0.728. The highest BCUT2D eigenvalue weighted by atomic mass is 16.4. The molecule has 0 radical (unpaired) electrons. The molecule has 0 aromatic rings. The van der Waals surface area contributed by atoms with E-state index >= 15 is 0 Å². The Morgan fingerprint density at radius 2 is 2.00 bits per heavy atom. The molecule has 1 rings (SSSR count). The Morgan fingerprint density at radius 1 is 1.38 bits per heavy atom. The highest BCUT2D eigenvalue weighted by Crippen LogP contribution is 2.27. The van der Waals surface area contributed by atoms with E-state index in [9.17, 15) is 9.59 Å². The van der Waals surface area contributed by atoms with Crippen LogP contribution in [0.15, 0.2) is 0 Å². The minimum Gasteiger partial charge on any atom is -0.480 e. The van der Waals surface area contributed by atoms with Gasteiger partial charge in [-0.15, -0.1) is 0 Å². The van der Waals surface area contributed by atoms with E-state index in [0.717, 1.165) is 19.3 Å². The maximum atomic E-state index is 11.6. The summed E-state index contributed by atoms with van der Waals surface area (Å²) in [5.41, 5.74) is 0. The molecule has 1 aliphatic carbocycles. The van der Waals surface area contributed by atoms with E-state index in [1.807, 2.05) is 6.92 Å². The average molecular weight is 227 g/mol. The molecule has 0 bridgehead atoms. The molecular weight excluding hydrogens is 206 g/mol. The molecule has 1 amide bonds. The third-order valence-corrected chi connectivity index (χ3v) is 3.16. The third-order valence-electron chi connectivity index (χ3n) is 3.16. The van der Waals surface area contributed by atoms with Crippen LogP contribution in [0.4, 0.5) is 0 Å². The van der Waals surface area contributed by atoms with Gasteiger partial charge in [0.1, 0.15) is 6.04 Å². The first-order valence-electron chi connectivity index (χ1n) is 6.15. The molecule has 1 aliphatic rings. The monoisotopic (exact) mass is 227 g/mol. The average Bonchev–Trinajstić information content (AvgIpc) is 2.69. The molecule has 0 spiro atoms. The van der Waals surface area contributed by atoms with E-state index in [4.69, 9.17) is 5.11 Å². The van der Waals surface area contributed by atoms with E-state index in [1.54, 1.807) is 0 Å². The summed E-state index contributed by atoms with van der Waals surface area (Å²) < 4.78 is 0. The Bertz CT molecular complexity index is 247. The lowest BCUT2D eigenvalue weighted by atomic mass is 10.0. The van der Waals surface area contributed by atoms with Crippen molar-refractivity contribution in [3.8, 4) is 0 Å². The van der Waals surface area contributed by atoms with E-state index in [2.05, 4.69) is 5.32 Å². The topological polar surface area (TPSA) is 66.4 Å². The lowest BCUT2D eigenvalue weighted by molar-refractivity contribution is -0.142. The first-order valence-corrected chi connectivity index (χ1v) is 6.15. The van der Waals surface area contributed by atoms with Gasteiger partial charge in [0, 0.05) is 6.42 Å². The zero-order valence-electron chi connectivity index (χ0n) is 9.87. The zero-order chi connectivity index (χ0) is 12.0. The summed E-state index contributed by atoms with van der Waals surface area (Å²) in [5.74, 6) is -0.564. The molecule has 1 atom stereocenters. The lowest BCUT2D eigenvalue weighted by Gasteiger charge is -2.15. The minimum atomic E-state index is -0.929. The van der Waals surface area contributed by atoms with Gasteiger partial charge in [0.15, 0.2) is 0 Å². The van der Waals surface area contributed by atoms with Crippen LogP contribution in [0.2, 0.25) is 0 Å². The van der Waals surface area contributed by atoms with Crippen LogP contribution in [0.1, 0.15) is 51.9 Å². The Morgan fingerprint density at radius 3 is 2.50 bits per heavy atom. The summed E-state index contributed by atoms with van der Waals surface area (Å²) in [6.45, 7) is 1.92. The van der Waals surface area contributed by atoms with Crippen molar-refractivity contribution in [2.24, 2.45) is 5.92 Å². The largest absolute Gasteiger partial charge is 0.480 e. The van der Waals surface area contributed by atoms with Crippen LogP contribution in [0, 0.1) is 5.92 Å². The molecule has 1 saturated carbocycles. The number of hydrogen-bond donors (Lipinski definition) is 2. The summed E-state index contributed by atoms with van der Waals surface area (Å²) in [4.78, 5) is 22.5. The van der Waals surface area contributed by atoms with Crippen molar-refractivity contribution in [2.75, 3.05) is 0 Å². The number of carbonyl (C=O) groups excluding carboxylic acids is 1. The van der Waals surface area contributed by atoms with Crippen molar-refractivity contribution in [3.05, 3.63) is 0 Å². The normalized spacial score (nSPS) is 18.3. The summed E-state index contributed by atoms with van der Waals surface area (Å²) >= 11 is 0. The van der Waals surface area contributed by atoms with Gasteiger partial charge in [-0.05, 0) is 25.2 Å². The number of carboxylic acids is 1. The Labute approximate surface area is 96.4 Å². The number of amides is 1. The van der Waals surface area contributed by atoms with Crippen LogP contribution < -0.4 is 5.32 Å². The van der Waals surface area contributed by atoms with Gasteiger partial charge in [-0.2, -0.15) is 0 Å². The predicted octanol–water partition coefficient (Wildman–Crippen LogP) is 1.94. The first kappa shape index (κ1) is 13.0. The van der Waals surface area contributed by atoms with Crippen LogP contribution in [0.25, 0.3) is 0 Å². The standard InChI is InChI=1S/C12H21NO3/c1-2-5-10(12(15)16)13-11(14)8-9-6-3-4-7-9/h9-10H,2-8H2,1H3,(H,13,14)(H,15,16). The first-order chi connectivity index (χ1) is 7.63. The van der Waals surface area contributed by atoms with E-state index in [0.29, 0.717) is 18.8 Å². The van der Waals surface area contributed by atoms with Crippen LogP contribution in [-0.4, -0.2) is 23.0 Å². The van der Waals surface area contributed by atoms with Gasteiger partial charge in [0.25, 0.3) is 0 Å². The van der Waals surface area contributed by atoms with Crippen molar-refractivity contribution >= 4 is 11.9 Å². The highest BCUT2D eigenvalue weighted by molar-refractivity contribution is 5.83. The maximum Gasteiger partial charge on any atom is 0.326 e. The maximum absolute atomic E-state index is 11.6. The number of carbonyl (C=O) groups is 2. The van der Waals surface area contributed by atoms with Crippen LogP contribution in [0.5, 0.6) is 0 Å². The van der Waals surface area contributed by atoms with Crippen molar-refractivity contribution in [1.29, 1.82) is 0 Å². The molecule has 1 unspecified atom stereocenters. The molecule has 1 fully saturated rings. The lowest BCUT2D eigenvalue weighted by Crippen LogP contribution is -2.41. The molecular formula is C12H21NO3. The van der Waals surface area contributed by atoms with Crippen molar-refractivity contribution in [2.45, 2.75) is 57.9 Å². The fourth-order valence-electron chi connectivity index (χ4n) is 2.28. The second kappa shape index (κ2) is 6.51. The number of aliphatic carboxylic acids is 1. The highest BCUT2D eigenvalue weighted by Gasteiger charge is 2.22. The van der Waals surface area contributed by atoms with Crippen LogP contribution in [0.3, 0.4) is 0 Å². The SMILES string of the molecule is CCCC(NC(=O)CC1CCCC1)C(=O)O. The van der Waals surface area contributed by atoms with Gasteiger partial charge in [-0.3, -0.25) is 4.79 Å². The fraction of sp³-hybridized carbons (Fsp3) is 0.833. The second-order valence-electron chi connectivity index (χ2n) is 4.60. The third kappa shape index (κ3) is 4.21. The van der Waals surface area contributed by atoms with Gasteiger partial charge in [0.2, 0.25) is 5.91 Å². The molecule has 4 nitrogen and oxygen atoms in total. The molecule has 0 aromatic carbocycles. The zero-order valence-corrected chi connectivity index (χ0v) is 9.87. The predicted molar refractivity (Wildman–Crippen MR) is 61.0 cm³/mol. The summed E-state index contributed by atoms with van der Waals surface area (Å²) in [5, 5.41) is 11.5. The number of hydrogen-bond acceptors (Lipinski definition) is 2. The van der Waals surface area contributed by atoms with Gasteiger partial charge >= 0.3 is 5.97 Å². The van der Waals surface area contributed by atoms with Crippen LogP contribution in [-0.2, 0) is 9.59 Å². The molecule has 16 heavy (non-hydrogen) atoms. The van der Waals surface area contributed by atoms with E-state index in [1.165, 1.54) is 12.8 Å². The Kier molecular flexibility index (Phi) is 5.29. The molecule has 0 heterocycles. The van der Waals surface area contributed by atoms with Crippen molar-refractivity contribution < 1.29 is 14.7 Å². The molecule has 0 saturated heterocycles. The van der Waals surface area contributed by atoms with E-state index < -0.39 is 12.0 Å². The molecule has 2 N–H and O–H groups in total. The second-order valence-corrected chi connectivity index (χ2v) is 4.60. The number of nitrogens with one attached hydrogen (secondary N) is 1. The Hall–Kier alpha value is -1.06. The molecule has 4 heteroatoms. The molecule has 0 aliphatic heterocycles. The molecule has 0 aromatic heterocycles. The Balaban J connectivity index is 2.32. The van der Waals surface area contributed by atoms with Gasteiger partial charge in [0.05, 0.1) is 0 Å². The smallest absolute Gasteiger partial charge is 0.326 e. The fourth-order valence-corrected chi connectivity index (χ4v) is 2.28. The van der Waals surface area contributed by atoms with Crippen LogP contribution >= 0.6 is 0 Å². The summed E-state index contributed by atoms with van der Waals surface area (Å²) in [6, 6.07) is -0.709. The van der Waals surface area contributed by atoms with Gasteiger partial charge in [-0.25, -0.2) is 4.79 Å². The van der Waals surface area contributed by atoms with Gasteiger partial charge in [-0.1, -0.05) is 26.2 Å². The van der Waals surface area contributed by atoms with Crippen molar-refractivity contribution in [1.82, 2.24) is 5.32 Å². The van der Waals surface area contributed by atoms with Crippen molar-refractivity contribution in [3.63, 3.8) is 0 Å². The van der Waals surface area contributed by atoms with Gasteiger partial charge < -0.3 is 10.4 Å². The summed E-state index contributed by atoms with van der Waals surface area (Å²) in [7, 11) is 0. The van der Waals surface area contributed by atoms with E-state index in [-0.39, 0.29) is 5.91 Å². The molecule has 92 valence electrons. The number of rotatable bonds is 6. The minimum absolute atomic E-state index is 0.104.